The van der Waals surface area contributed by atoms with Crippen molar-refractivity contribution in [3.8, 4) is 0 Å². The van der Waals surface area contributed by atoms with Crippen LogP contribution >= 0.6 is 0 Å². The minimum absolute atomic E-state index is 0.0800. The van der Waals surface area contributed by atoms with Crippen molar-refractivity contribution in [2.75, 3.05) is 19.8 Å². The van der Waals surface area contributed by atoms with Crippen molar-refractivity contribution in [2.24, 2.45) is 17.3 Å². The van der Waals surface area contributed by atoms with Gasteiger partial charge >= 0.3 is 0 Å². The number of rotatable bonds is 2. The summed E-state index contributed by atoms with van der Waals surface area (Å²) < 4.78 is 17.2. The second-order valence-corrected chi connectivity index (χ2v) is 5.14. The molecule has 0 saturated carbocycles. The minimum Gasteiger partial charge on any atom is -0.326 e. The molecule has 3 rings (SSSR count). The van der Waals surface area contributed by atoms with Crippen LogP contribution in [0.5, 0.6) is 0 Å². The molecule has 3 fully saturated rings. The SMILES string of the molecule is CC(C)C12COC(C(C)C)(OC1)OC2. The molecular formula is C11H20O3. The maximum absolute atomic E-state index is 5.75. The minimum atomic E-state index is -0.753. The van der Waals surface area contributed by atoms with Gasteiger partial charge in [-0.2, -0.15) is 0 Å². The number of fused-ring (bicyclic) bond motifs is 3. The Morgan fingerprint density at radius 3 is 1.50 bits per heavy atom. The summed E-state index contributed by atoms with van der Waals surface area (Å²) in [5.41, 5.74) is 0.0800. The lowest BCUT2D eigenvalue weighted by atomic mass is 9.77. The van der Waals surface area contributed by atoms with Crippen molar-refractivity contribution in [1.82, 2.24) is 0 Å². The molecule has 3 nitrogen and oxygen atoms in total. The Morgan fingerprint density at radius 1 is 0.786 bits per heavy atom. The van der Waals surface area contributed by atoms with Gasteiger partial charge in [-0.25, -0.2) is 0 Å². The van der Waals surface area contributed by atoms with E-state index in [-0.39, 0.29) is 11.3 Å². The molecule has 0 radical (unpaired) electrons. The molecule has 0 aromatic carbocycles. The highest BCUT2D eigenvalue weighted by atomic mass is 16.9. The average Bonchev–Trinajstić information content (AvgIpc) is 2.20. The van der Waals surface area contributed by atoms with Gasteiger partial charge in [0.15, 0.2) is 0 Å². The lowest BCUT2D eigenvalue weighted by molar-refractivity contribution is -0.487. The Hall–Kier alpha value is -0.120. The summed E-state index contributed by atoms with van der Waals surface area (Å²) >= 11 is 0. The quantitative estimate of drug-likeness (QED) is 0.682. The van der Waals surface area contributed by atoms with Crippen LogP contribution in [-0.2, 0) is 14.2 Å². The maximum atomic E-state index is 5.75. The summed E-state index contributed by atoms with van der Waals surface area (Å²) in [5.74, 6) is 0.0253. The standard InChI is InChI=1S/C11H20O3/c1-8(2)10-5-12-11(9(3)4,13-6-10)14-7-10/h8-9H,5-7H2,1-4H3. The van der Waals surface area contributed by atoms with Crippen LogP contribution in [-0.4, -0.2) is 25.8 Å². The summed E-state index contributed by atoms with van der Waals surface area (Å²) in [6.45, 7) is 10.8. The molecule has 3 heteroatoms. The highest BCUT2D eigenvalue weighted by molar-refractivity contribution is 4.91. The first-order valence-electron chi connectivity index (χ1n) is 5.43. The van der Waals surface area contributed by atoms with Crippen molar-refractivity contribution in [1.29, 1.82) is 0 Å². The van der Waals surface area contributed by atoms with Crippen LogP contribution < -0.4 is 0 Å². The first kappa shape index (κ1) is 10.4. The van der Waals surface area contributed by atoms with Crippen molar-refractivity contribution in [3.05, 3.63) is 0 Å². The molecule has 0 amide bonds. The highest BCUT2D eigenvalue weighted by Crippen LogP contribution is 2.45. The van der Waals surface area contributed by atoms with Gasteiger partial charge in [-0.1, -0.05) is 27.7 Å². The third-order valence-corrected chi connectivity index (χ3v) is 3.61. The zero-order valence-corrected chi connectivity index (χ0v) is 9.50. The molecule has 14 heavy (non-hydrogen) atoms. The van der Waals surface area contributed by atoms with Crippen LogP contribution in [0.3, 0.4) is 0 Å². The largest absolute Gasteiger partial charge is 0.326 e. The van der Waals surface area contributed by atoms with E-state index < -0.39 is 5.97 Å². The highest BCUT2D eigenvalue weighted by Gasteiger charge is 2.55. The summed E-state index contributed by atoms with van der Waals surface area (Å²) in [7, 11) is 0. The van der Waals surface area contributed by atoms with Gasteiger partial charge in [-0.05, 0) is 5.92 Å². The summed E-state index contributed by atoms with van der Waals surface area (Å²) in [5, 5.41) is 0. The van der Waals surface area contributed by atoms with Gasteiger partial charge in [-0.15, -0.1) is 0 Å². The molecule has 3 aliphatic rings. The molecule has 3 saturated heterocycles. The fourth-order valence-electron chi connectivity index (χ4n) is 1.98. The molecule has 82 valence electrons. The van der Waals surface area contributed by atoms with E-state index in [4.69, 9.17) is 14.2 Å². The number of hydrogen-bond donors (Lipinski definition) is 0. The van der Waals surface area contributed by atoms with E-state index in [9.17, 15) is 0 Å². The van der Waals surface area contributed by atoms with Crippen LogP contribution in [0, 0.1) is 17.3 Å². The first-order valence-corrected chi connectivity index (χ1v) is 5.43. The Balaban J connectivity index is 2.13. The van der Waals surface area contributed by atoms with E-state index in [1.54, 1.807) is 0 Å². The maximum Gasteiger partial charge on any atom is 0.285 e. The molecule has 0 aromatic heterocycles. The van der Waals surface area contributed by atoms with Crippen molar-refractivity contribution < 1.29 is 14.2 Å². The van der Waals surface area contributed by atoms with Gasteiger partial charge in [-0.3, -0.25) is 0 Å². The third-order valence-electron chi connectivity index (χ3n) is 3.61. The van der Waals surface area contributed by atoms with E-state index in [0.29, 0.717) is 5.92 Å². The van der Waals surface area contributed by atoms with Gasteiger partial charge in [0, 0.05) is 11.3 Å². The normalized spacial score (nSPS) is 42.4. The second-order valence-electron chi connectivity index (χ2n) is 5.14. The van der Waals surface area contributed by atoms with Crippen LogP contribution in [0.2, 0.25) is 0 Å². The predicted octanol–water partition coefficient (Wildman–Crippen LogP) is 2.02. The van der Waals surface area contributed by atoms with Crippen LogP contribution in [0.25, 0.3) is 0 Å². The zero-order valence-electron chi connectivity index (χ0n) is 9.50. The number of ether oxygens (including phenoxy) is 3. The van der Waals surface area contributed by atoms with Crippen LogP contribution in [0.15, 0.2) is 0 Å². The Bertz CT molecular complexity index is 174. The summed E-state index contributed by atoms with van der Waals surface area (Å²) in [6, 6.07) is 0. The first-order chi connectivity index (χ1) is 6.51. The predicted molar refractivity (Wildman–Crippen MR) is 52.7 cm³/mol. The second kappa shape index (κ2) is 3.19. The molecule has 2 bridgehead atoms. The van der Waals surface area contributed by atoms with Crippen molar-refractivity contribution in [2.45, 2.75) is 33.7 Å². The van der Waals surface area contributed by atoms with E-state index in [1.165, 1.54) is 0 Å². The molecule has 0 unspecified atom stereocenters. The van der Waals surface area contributed by atoms with E-state index in [0.717, 1.165) is 19.8 Å². The van der Waals surface area contributed by atoms with Gasteiger partial charge in [0.05, 0.1) is 19.8 Å². The van der Waals surface area contributed by atoms with Crippen molar-refractivity contribution >= 4 is 0 Å². The fraction of sp³-hybridized carbons (Fsp3) is 1.00. The smallest absolute Gasteiger partial charge is 0.285 e. The van der Waals surface area contributed by atoms with E-state index >= 15 is 0 Å². The van der Waals surface area contributed by atoms with Crippen molar-refractivity contribution in [3.63, 3.8) is 0 Å². The number of hydrogen-bond acceptors (Lipinski definition) is 3. The topological polar surface area (TPSA) is 27.7 Å². The zero-order chi connectivity index (χ0) is 10.4. The molecule has 0 spiro atoms. The lowest BCUT2D eigenvalue weighted by Crippen LogP contribution is -2.63. The van der Waals surface area contributed by atoms with Gasteiger partial charge in [0.2, 0.25) is 0 Å². The van der Waals surface area contributed by atoms with E-state index in [1.807, 2.05) is 0 Å². The molecule has 0 atom stereocenters. The van der Waals surface area contributed by atoms with Crippen LogP contribution in [0.1, 0.15) is 27.7 Å². The average molecular weight is 200 g/mol. The monoisotopic (exact) mass is 200 g/mol. The fourth-order valence-corrected chi connectivity index (χ4v) is 1.98. The van der Waals surface area contributed by atoms with E-state index in [2.05, 4.69) is 27.7 Å². The molecule has 0 N–H and O–H groups in total. The summed E-state index contributed by atoms with van der Waals surface area (Å²) in [4.78, 5) is 0. The third kappa shape index (κ3) is 1.30. The Labute approximate surface area is 85.7 Å². The van der Waals surface area contributed by atoms with Crippen LogP contribution in [0.4, 0.5) is 0 Å². The molecular weight excluding hydrogens is 180 g/mol. The van der Waals surface area contributed by atoms with Gasteiger partial charge in [0.1, 0.15) is 0 Å². The van der Waals surface area contributed by atoms with Gasteiger partial charge in [0.25, 0.3) is 5.97 Å². The molecule has 0 aliphatic carbocycles. The molecule has 3 aliphatic heterocycles. The lowest BCUT2D eigenvalue weighted by Gasteiger charge is -2.55. The Morgan fingerprint density at radius 2 is 1.21 bits per heavy atom. The Kier molecular flexibility index (Phi) is 2.37. The molecule has 0 aromatic rings. The van der Waals surface area contributed by atoms with Gasteiger partial charge < -0.3 is 14.2 Å². The summed E-state index contributed by atoms with van der Waals surface area (Å²) in [6.07, 6.45) is 0. The molecule has 3 heterocycles.